The van der Waals surface area contributed by atoms with Crippen molar-refractivity contribution in [2.75, 3.05) is 6.61 Å². The predicted octanol–water partition coefficient (Wildman–Crippen LogP) is 2.20. The molecule has 2 aromatic rings. The Hall–Kier alpha value is -1.68. The van der Waals surface area contributed by atoms with E-state index in [0.29, 0.717) is 5.39 Å². The number of aryl methyl sites for hydroxylation is 2. The van der Waals surface area contributed by atoms with Crippen LogP contribution in [0.3, 0.4) is 0 Å². The molecule has 1 heterocycles. The molecule has 0 amide bonds. The van der Waals surface area contributed by atoms with Crippen LogP contribution in [0.5, 0.6) is 0 Å². The number of fused-ring (bicyclic) bond motifs is 1. The van der Waals surface area contributed by atoms with Crippen LogP contribution in [0, 0.1) is 19.8 Å². The molecule has 1 aromatic carbocycles. The first-order valence-electron chi connectivity index (χ1n) is 6.55. The number of nitrogens with zero attached hydrogens (tertiary/aromatic N) is 2. The Morgan fingerprint density at radius 3 is 2.58 bits per heavy atom. The second-order valence-corrected chi connectivity index (χ2v) is 5.35. The highest BCUT2D eigenvalue weighted by atomic mass is 16.3. The molecule has 1 atom stereocenters. The van der Waals surface area contributed by atoms with Crippen molar-refractivity contribution in [1.29, 1.82) is 0 Å². The van der Waals surface area contributed by atoms with Crippen LogP contribution in [0.1, 0.15) is 31.0 Å². The molecule has 4 nitrogen and oxygen atoms in total. The molecule has 4 heteroatoms. The SMILES string of the molecule is Cc1ccc2c(=O)n(C(CO)C(C)C)cnc2c1C. The highest BCUT2D eigenvalue weighted by molar-refractivity contribution is 5.81. The molecule has 1 unspecified atom stereocenters. The topological polar surface area (TPSA) is 55.1 Å². The minimum Gasteiger partial charge on any atom is -0.394 e. The van der Waals surface area contributed by atoms with E-state index in [1.54, 1.807) is 10.9 Å². The van der Waals surface area contributed by atoms with Crippen LogP contribution < -0.4 is 5.56 Å². The lowest BCUT2D eigenvalue weighted by Crippen LogP contribution is -2.30. The maximum atomic E-state index is 12.5. The van der Waals surface area contributed by atoms with Gasteiger partial charge in [-0.15, -0.1) is 0 Å². The van der Waals surface area contributed by atoms with Crippen molar-refractivity contribution in [3.8, 4) is 0 Å². The Bertz CT molecular complexity index is 659. The lowest BCUT2D eigenvalue weighted by Gasteiger charge is -2.21. The molecule has 2 rings (SSSR count). The van der Waals surface area contributed by atoms with Crippen LogP contribution in [-0.2, 0) is 0 Å². The second-order valence-electron chi connectivity index (χ2n) is 5.35. The average Bonchev–Trinajstić information content (AvgIpc) is 2.37. The number of hydrogen-bond acceptors (Lipinski definition) is 3. The third kappa shape index (κ3) is 2.28. The first-order valence-corrected chi connectivity index (χ1v) is 6.55. The van der Waals surface area contributed by atoms with E-state index in [2.05, 4.69) is 4.98 Å². The number of hydrogen-bond donors (Lipinski definition) is 1. The van der Waals surface area contributed by atoms with Crippen LogP contribution in [0.15, 0.2) is 23.3 Å². The Labute approximate surface area is 112 Å². The van der Waals surface area contributed by atoms with Crippen molar-refractivity contribution in [2.24, 2.45) is 5.92 Å². The minimum absolute atomic E-state index is 0.0599. The molecule has 0 bridgehead atoms. The molecule has 0 spiro atoms. The van der Waals surface area contributed by atoms with E-state index in [0.717, 1.165) is 16.6 Å². The summed E-state index contributed by atoms with van der Waals surface area (Å²) in [6.45, 7) is 7.89. The van der Waals surface area contributed by atoms with Crippen molar-refractivity contribution in [2.45, 2.75) is 33.7 Å². The van der Waals surface area contributed by atoms with Gasteiger partial charge in [0.1, 0.15) is 0 Å². The maximum Gasteiger partial charge on any atom is 0.261 e. The second kappa shape index (κ2) is 5.13. The number of aromatic nitrogens is 2. The summed E-state index contributed by atoms with van der Waals surface area (Å²) in [5.41, 5.74) is 2.83. The van der Waals surface area contributed by atoms with Gasteiger partial charge in [0.25, 0.3) is 5.56 Å². The molecule has 0 aliphatic rings. The van der Waals surface area contributed by atoms with E-state index in [1.165, 1.54) is 0 Å². The molecule has 0 aliphatic carbocycles. The van der Waals surface area contributed by atoms with Crippen LogP contribution in [0.2, 0.25) is 0 Å². The Morgan fingerprint density at radius 2 is 2.00 bits per heavy atom. The normalized spacial score (nSPS) is 13.2. The average molecular weight is 260 g/mol. The van der Waals surface area contributed by atoms with Crippen LogP contribution >= 0.6 is 0 Å². The quantitative estimate of drug-likeness (QED) is 0.920. The van der Waals surface area contributed by atoms with Crippen molar-refractivity contribution < 1.29 is 5.11 Å². The number of benzene rings is 1. The smallest absolute Gasteiger partial charge is 0.261 e. The molecular formula is C15H20N2O2. The number of rotatable bonds is 3. The fourth-order valence-electron chi connectivity index (χ4n) is 2.31. The van der Waals surface area contributed by atoms with Crippen LogP contribution in [0.25, 0.3) is 10.9 Å². The van der Waals surface area contributed by atoms with E-state index in [1.807, 2.05) is 39.8 Å². The molecular weight excluding hydrogens is 240 g/mol. The molecule has 1 aromatic heterocycles. The fraction of sp³-hybridized carbons (Fsp3) is 0.467. The van der Waals surface area contributed by atoms with Gasteiger partial charge < -0.3 is 5.11 Å². The van der Waals surface area contributed by atoms with Gasteiger partial charge in [0, 0.05) is 0 Å². The summed E-state index contributed by atoms with van der Waals surface area (Å²) in [5, 5.41) is 10.1. The zero-order chi connectivity index (χ0) is 14.2. The molecule has 102 valence electrons. The molecule has 0 aliphatic heterocycles. The first-order chi connectivity index (χ1) is 8.97. The van der Waals surface area contributed by atoms with Gasteiger partial charge in [-0.2, -0.15) is 0 Å². The van der Waals surface area contributed by atoms with E-state index >= 15 is 0 Å². The summed E-state index contributed by atoms with van der Waals surface area (Å²) in [5.74, 6) is 0.175. The summed E-state index contributed by atoms with van der Waals surface area (Å²) in [7, 11) is 0. The summed E-state index contributed by atoms with van der Waals surface area (Å²) in [6, 6.07) is 3.53. The van der Waals surface area contributed by atoms with E-state index in [4.69, 9.17) is 0 Å². The van der Waals surface area contributed by atoms with Gasteiger partial charge in [0.05, 0.1) is 29.9 Å². The van der Waals surface area contributed by atoms with Crippen molar-refractivity contribution in [1.82, 2.24) is 9.55 Å². The highest BCUT2D eigenvalue weighted by Gasteiger charge is 2.17. The van der Waals surface area contributed by atoms with Crippen molar-refractivity contribution in [3.63, 3.8) is 0 Å². The van der Waals surface area contributed by atoms with Crippen LogP contribution in [0.4, 0.5) is 0 Å². The fourth-order valence-corrected chi connectivity index (χ4v) is 2.31. The monoisotopic (exact) mass is 260 g/mol. The van der Waals surface area contributed by atoms with Gasteiger partial charge >= 0.3 is 0 Å². The number of aliphatic hydroxyl groups excluding tert-OH is 1. The largest absolute Gasteiger partial charge is 0.394 e. The third-order valence-corrected chi connectivity index (χ3v) is 3.79. The molecule has 0 fully saturated rings. The van der Waals surface area contributed by atoms with Gasteiger partial charge in [-0.25, -0.2) is 4.98 Å². The van der Waals surface area contributed by atoms with Crippen LogP contribution in [-0.4, -0.2) is 21.3 Å². The molecule has 1 N–H and O–H groups in total. The molecule has 19 heavy (non-hydrogen) atoms. The lowest BCUT2D eigenvalue weighted by atomic mass is 10.0. The zero-order valence-electron chi connectivity index (χ0n) is 11.8. The van der Waals surface area contributed by atoms with E-state index < -0.39 is 0 Å². The van der Waals surface area contributed by atoms with Gasteiger partial charge in [0.2, 0.25) is 0 Å². The molecule has 0 saturated heterocycles. The predicted molar refractivity (Wildman–Crippen MR) is 76.4 cm³/mol. The van der Waals surface area contributed by atoms with Gasteiger partial charge in [-0.3, -0.25) is 9.36 Å². The van der Waals surface area contributed by atoms with E-state index in [-0.39, 0.29) is 24.1 Å². The lowest BCUT2D eigenvalue weighted by molar-refractivity contribution is 0.189. The van der Waals surface area contributed by atoms with Crippen molar-refractivity contribution in [3.05, 3.63) is 39.9 Å². The first kappa shape index (κ1) is 13.7. The maximum absolute atomic E-state index is 12.5. The van der Waals surface area contributed by atoms with Crippen molar-refractivity contribution >= 4 is 10.9 Å². The number of aliphatic hydroxyl groups is 1. The zero-order valence-corrected chi connectivity index (χ0v) is 11.8. The Kier molecular flexibility index (Phi) is 3.71. The van der Waals surface area contributed by atoms with Gasteiger partial charge in [-0.1, -0.05) is 19.9 Å². The summed E-state index contributed by atoms with van der Waals surface area (Å²) < 4.78 is 1.54. The molecule has 0 saturated carbocycles. The molecule has 0 radical (unpaired) electrons. The summed E-state index contributed by atoms with van der Waals surface area (Å²) >= 11 is 0. The third-order valence-electron chi connectivity index (χ3n) is 3.79. The summed E-state index contributed by atoms with van der Waals surface area (Å²) in [4.78, 5) is 16.9. The van der Waals surface area contributed by atoms with E-state index in [9.17, 15) is 9.90 Å². The Morgan fingerprint density at radius 1 is 1.32 bits per heavy atom. The summed E-state index contributed by atoms with van der Waals surface area (Å²) in [6.07, 6.45) is 1.55. The standard InChI is InChI=1S/C15H20N2O2/c1-9(2)13(7-18)17-8-16-14-11(4)10(3)5-6-12(14)15(17)19/h5-6,8-9,13,18H,7H2,1-4H3. The van der Waals surface area contributed by atoms with Gasteiger partial charge in [-0.05, 0) is 37.0 Å². The highest BCUT2D eigenvalue weighted by Crippen LogP contribution is 2.19. The van der Waals surface area contributed by atoms with Gasteiger partial charge in [0.15, 0.2) is 0 Å². The Balaban J connectivity index is 2.72. The minimum atomic E-state index is -0.231.